The minimum Gasteiger partial charge on any atom is -0.399 e. The Kier molecular flexibility index (Phi) is 5.38. The minimum atomic E-state index is -0.296. The maximum absolute atomic E-state index is 13.5. The molecule has 2 heterocycles. The highest BCUT2D eigenvalue weighted by atomic mass is 32.1. The molecule has 4 rings (SSSR count). The van der Waals surface area contributed by atoms with Gasteiger partial charge in [-0.05, 0) is 74.7 Å². The Bertz CT molecular complexity index is 1240. The lowest BCUT2D eigenvalue weighted by Gasteiger charge is -2.13. The van der Waals surface area contributed by atoms with Gasteiger partial charge in [0.05, 0.1) is 16.8 Å². The largest absolute Gasteiger partial charge is 0.399 e. The van der Waals surface area contributed by atoms with E-state index < -0.39 is 0 Å². The summed E-state index contributed by atoms with van der Waals surface area (Å²) in [7, 11) is 0. The van der Waals surface area contributed by atoms with Gasteiger partial charge in [0.15, 0.2) is 0 Å². The van der Waals surface area contributed by atoms with Crippen molar-refractivity contribution in [2.45, 2.75) is 27.7 Å². The van der Waals surface area contributed by atoms with Crippen molar-refractivity contribution in [1.29, 1.82) is 0 Å². The summed E-state index contributed by atoms with van der Waals surface area (Å²) in [5.74, 6) is -0.587. The number of imide groups is 1. The van der Waals surface area contributed by atoms with E-state index >= 15 is 0 Å². The number of carbonyl (C=O) groups excluding carboxylic acids is 2. The molecular weight excluding hydrogens is 404 g/mol. The van der Waals surface area contributed by atoms with Crippen molar-refractivity contribution in [3.8, 4) is 10.4 Å². The Balaban J connectivity index is 1.86. The molecule has 0 saturated carbocycles. The molecular formula is C26H24N2O2S. The average Bonchev–Trinajstić information content (AvgIpc) is 3.26. The number of amides is 2. The normalized spacial score (nSPS) is 15.6. The van der Waals surface area contributed by atoms with Gasteiger partial charge in [-0.25, -0.2) is 4.90 Å². The summed E-state index contributed by atoms with van der Waals surface area (Å²) in [5, 5.41) is 0. The molecule has 4 nitrogen and oxygen atoms in total. The second kappa shape index (κ2) is 8.00. The zero-order valence-corrected chi connectivity index (χ0v) is 18.8. The van der Waals surface area contributed by atoms with E-state index in [4.69, 9.17) is 5.73 Å². The molecule has 2 N–H and O–H groups in total. The lowest BCUT2D eigenvalue weighted by molar-refractivity contribution is -0.119. The molecule has 0 bridgehead atoms. The highest BCUT2D eigenvalue weighted by Gasteiger charge is 2.41. The van der Waals surface area contributed by atoms with Gasteiger partial charge in [0, 0.05) is 15.4 Å². The van der Waals surface area contributed by atoms with Gasteiger partial charge in [0.1, 0.15) is 0 Å². The summed E-state index contributed by atoms with van der Waals surface area (Å²) in [6.45, 7) is 7.73. The smallest absolute Gasteiger partial charge is 0.266 e. The molecule has 1 aromatic heterocycles. The third kappa shape index (κ3) is 3.62. The fraction of sp³-hybridized carbons (Fsp3) is 0.154. The quantitative estimate of drug-likeness (QED) is 0.317. The molecule has 3 aromatic rings. The number of anilines is 2. The topological polar surface area (TPSA) is 63.4 Å². The molecule has 1 fully saturated rings. The van der Waals surface area contributed by atoms with Crippen LogP contribution in [-0.4, -0.2) is 11.8 Å². The van der Waals surface area contributed by atoms with Crippen LogP contribution >= 0.6 is 11.3 Å². The van der Waals surface area contributed by atoms with E-state index in [1.165, 1.54) is 4.90 Å². The van der Waals surface area contributed by atoms with Crippen molar-refractivity contribution in [2.75, 3.05) is 10.6 Å². The van der Waals surface area contributed by atoms with E-state index in [0.717, 1.165) is 32.0 Å². The summed E-state index contributed by atoms with van der Waals surface area (Å²) in [6, 6.07) is 19.1. The van der Waals surface area contributed by atoms with E-state index in [2.05, 4.69) is 25.1 Å². The second-order valence-corrected chi connectivity index (χ2v) is 9.12. The van der Waals surface area contributed by atoms with Crippen LogP contribution in [0.25, 0.3) is 16.0 Å². The van der Waals surface area contributed by atoms with E-state index in [9.17, 15) is 9.59 Å². The molecule has 2 aromatic carbocycles. The highest BCUT2D eigenvalue weighted by Crippen LogP contribution is 2.40. The van der Waals surface area contributed by atoms with Gasteiger partial charge in [-0.1, -0.05) is 35.9 Å². The van der Waals surface area contributed by atoms with Crippen molar-refractivity contribution >= 4 is 40.1 Å². The number of nitrogens with zero attached hydrogens (tertiary/aromatic N) is 1. The van der Waals surface area contributed by atoms with Crippen molar-refractivity contribution in [3.63, 3.8) is 0 Å². The first-order valence-corrected chi connectivity index (χ1v) is 10.9. The van der Waals surface area contributed by atoms with Crippen molar-refractivity contribution in [2.24, 2.45) is 0 Å². The van der Waals surface area contributed by atoms with Crippen LogP contribution in [0, 0.1) is 6.92 Å². The van der Waals surface area contributed by atoms with Gasteiger partial charge in [-0.2, -0.15) is 0 Å². The average molecular weight is 429 g/mol. The molecule has 0 aliphatic carbocycles. The number of rotatable bonds is 3. The predicted molar refractivity (Wildman–Crippen MR) is 129 cm³/mol. The Morgan fingerprint density at radius 2 is 1.48 bits per heavy atom. The van der Waals surface area contributed by atoms with Crippen LogP contribution in [0.1, 0.15) is 31.2 Å². The van der Waals surface area contributed by atoms with Crippen LogP contribution in [0.4, 0.5) is 11.4 Å². The summed E-state index contributed by atoms with van der Waals surface area (Å²) < 4.78 is 0. The minimum absolute atomic E-state index is 0.291. The van der Waals surface area contributed by atoms with Gasteiger partial charge in [-0.3, -0.25) is 9.59 Å². The predicted octanol–water partition coefficient (Wildman–Crippen LogP) is 5.99. The highest BCUT2D eigenvalue weighted by molar-refractivity contribution is 7.15. The Morgan fingerprint density at radius 1 is 0.871 bits per heavy atom. The molecule has 31 heavy (non-hydrogen) atoms. The van der Waals surface area contributed by atoms with Crippen molar-refractivity contribution in [3.05, 3.63) is 87.8 Å². The molecule has 0 spiro atoms. The van der Waals surface area contributed by atoms with Crippen LogP contribution in [0.15, 0.2) is 77.4 Å². The molecule has 1 aliphatic rings. The lowest BCUT2D eigenvalue weighted by atomic mass is 9.95. The van der Waals surface area contributed by atoms with Gasteiger partial charge >= 0.3 is 0 Å². The van der Waals surface area contributed by atoms with E-state index in [-0.39, 0.29) is 11.8 Å². The van der Waals surface area contributed by atoms with Crippen LogP contribution in [0.2, 0.25) is 0 Å². The molecule has 1 saturated heterocycles. The van der Waals surface area contributed by atoms with Crippen LogP contribution in [0.5, 0.6) is 0 Å². The number of nitrogens with two attached hydrogens (primary N) is 1. The van der Waals surface area contributed by atoms with Gasteiger partial charge in [-0.15, -0.1) is 11.3 Å². The molecule has 0 unspecified atom stereocenters. The molecule has 0 radical (unpaired) electrons. The molecule has 2 amide bonds. The number of hydrogen-bond acceptors (Lipinski definition) is 4. The molecule has 5 heteroatoms. The lowest BCUT2D eigenvalue weighted by Crippen LogP contribution is -2.29. The SMILES string of the molecule is CC(C)=C1C(=O)N(c2ccc(N)cc2)C(=O)/C1=C(\C)c1cc(-c2ccccc2)sc1C. The zero-order chi connectivity index (χ0) is 22.3. The number of aryl methyl sites for hydroxylation is 1. The fourth-order valence-electron chi connectivity index (χ4n) is 3.93. The van der Waals surface area contributed by atoms with E-state index in [1.807, 2.05) is 39.0 Å². The van der Waals surface area contributed by atoms with Crippen molar-refractivity contribution < 1.29 is 9.59 Å². The first-order chi connectivity index (χ1) is 14.8. The number of nitrogen functional groups attached to an aromatic ring is 1. The van der Waals surface area contributed by atoms with Gasteiger partial charge < -0.3 is 5.73 Å². The number of hydrogen-bond donors (Lipinski definition) is 1. The first-order valence-electron chi connectivity index (χ1n) is 10.1. The molecule has 156 valence electrons. The van der Waals surface area contributed by atoms with Crippen LogP contribution in [0.3, 0.4) is 0 Å². The zero-order valence-electron chi connectivity index (χ0n) is 18.0. The van der Waals surface area contributed by atoms with Crippen LogP contribution < -0.4 is 10.6 Å². The summed E-state index contributed by atoms with van der Waals surface area (Å²) in [4.78, 5) is 30.3. The number of benzene rings is 2. The van der Waals surface area contributed by atoms with E-state index in [1.54, 1.807) is 35.6 Å². The standard InChI is InChI=1S/C26H24N2O2S/c1-15(2)23-24(26(30)28(25(23)29)20-12-10-19(27)11-13-20)16(3)21-14-22(31-17(21)4)18-8-6-5-7-9-18/h5-14H,27H2,1-4H3/b24-16+. The number of thiophene rings is 1. The monoisotopic (exact) mass is 428 g/mol. The third-order valence-electron chi connectivity index (χ3n) is 5.49. The maximum atomic E-state index is 13.5. The maximum Gasteiger partial charge on any atom is 0.266 e. The summed E-state index contributed by atoms with van der Waals surface area (Å²) >= 11 is 1.69. The first kappa shape index (κ1) is 20.8. The number of carbonyl (C=O) groups is 2. The fourth-order valence-corrected chi connectivity index (χ4v) is 5.02. The summed E-state index contributed by atoms with van der Waals surface area (Å²) in [5.41, 5.74) is 11.6. The van der Waals surface area contributed by atoms with E-state index in [0.29, 0.717) is 22.5 Å². The van der Waals surface area contributed by atoms with Crippen LogP contribution in [-0.2, 0) is 9.59 Å². The number of allylic oxidation sites excluding steroid dienone is 2. The Hall–Kier alpha value is -3.44. The molecule has 0 atom stereocenters. The Labute approximate surface area is 186 Å². The second-order valence-electron chi connectivity index (χ2n) is 7.86. The third-order valence-corrected chi connectivity index (χ3v) is 6.59. The van der Waals surface area contributed by atoms with Crippen molar-refractivity contribution in [1.82, 2.24) is 0 Å². The summed E-state index contributed by atoms with van der Waals surface area (Å²) in [6.07, 6.45) is 0. The van der Waals surface area contributed by atoms with Gasteiger partial charge in [0.2, 0.25) is 0 Å². The molecule has 1 aliphatic heterocycles. The van der Waals surface area contributed by atoms with Gasteiger partial charge in [0.25, 0.3) is 11.8 Å². The Morgan fingerprint density at radius 3 is 2.10 bits per heavy atom.